The number of ether oxygens (including phenoxy) is 2. The molecule has 42 heavy (non-hydrogen) atoms. The first-order chi connectivity index (χ1) is 20.4. The van der Waals surface area contributed by atoms with Gasteiger partial charge in [-0.3, -0.25) is 9.89 Å². The minimum absolute atomic E-state index is 0.0171. The van der Waals surface area contributed by atoms with Crippen molar-refractivity contribution in [3.8, 4) is 28.5 Å². The number of rotatable bonds is 9. The Hall–Kier alpha value is -4.82. The first-order valence-electron chi connectivity index (χ1n) is 13.5. The molecule has 0 saturated heterocycles. The van der Waals surface area contributed by atoms with Crippen LogP contribution < -0.4 is 9.47 Å². The number of H-pyrrole nitrogens is 1. The van der Waals surface area contributed by atoms with Gasteiger partial charge in [-0.25, -0.2) is 4.39 Å². The van der Waals surface area contributed by atoms with Gasteiger partial charge in [0.25, 0.3) is 5.91 Å². The number of phenolic OH excluding ortho intramolecular Hbond substituents is 1. The molecule has 0 saturated carbocycles. The molecular formula is C33H27ClFN3O4. The van der Waals surface area contributed by atoms with Crippen LogP contribution in [0.4, 0.5) is 4.39 Å². The Labute approximate surface area is 247 Å². The minimum Gasteiger partial charge on any atom is -0.507 e. The first-order valence-corrected chi connectivity index (χ1v) is 13.9. The predicted octanol–water partition coefficient (Wildman–Crippen LogP) is 7.30. The number of halogens is 2. The Balaban J connectivity index is 1.44. The van der Waals surface area contributed by atoms with Gasteiger partial charge in [0.15, 0.2) is 11.5 Å². The van der Waals surface area contributed by atoms with Gasteiger partial charge in [-0.15, -0.1) is 0 Å². The number of carbonyl (C=O) groups is 1. The Morgan fingerprint density at radius 1 is 0.952 bits per heavy atom. The molecule has 0 radical (unpaired) electrons. The molecule has 2 heterocycles. The topological polar surface area (TPSA) is 87.7 Å². The van der Waals surface area contributed by atoms with Gasteiger partial charge >= 0.3 is 0 Å². The summed E-state index contributed by atoms with van der Waals surface area (Å²) in [7, 11) is 0. The number of nitrogens with zero attached hydrogens (tertiary/aromatic N) is 2. The molecule has 1 unspecified atom stereocenters. The van der Waals surface area contributed by atoms with E-state index in [4.69, 9.17) is 21.1 Å². The number of benzene rings is 4. The van der Waals surface area contributed by atoms with Crippen molar-refractivity contribution in [2.24, 2.45) is 0 Å². The van der Waals surface area contributed by atoms with Gasteiger partial charge in [0.05, 0.1) is 12.6 Å². The van der Waals surface area contributed by atoms with Crippen LogP contribution in [0, 0.1) is 5.82 Å². The Kier molecular flexibility index (Phi) is 7.54. The molecule has 1 amide bonds. The van der Waals surface area contributed by atoms with E-state index in [-0.39, 0.29) is 24.0 Å². The number of phenols is 1. The van der Waals surface area contributed by atoms with Gasteiger partial charge < -0.3 is 19.5 Å². The average molecular weight is 584 g/mol. The summed E-state index contributed by atoms with van der Waals surface area (Å²) in [5.74, 6) is 0.449. The van der Waals surface area contributed by atoms with Gasteiger partial charge in [0, 0.05) is 22.7 Å². The maximum Gasteiger partial charge on any atom is 0.273 e. The van der Waals surface area contributed by atoms with Gasteiger partial charge in [-0.05, 0) is 66.1 Å². The quantitative estimate of drug-likeness (QED) is 0.190. The first kappa shape index (κ1) is 27.4. The maximum absolute atomic E-state index is 13.8. The molecular weight excluding hydrogens is 557 g/mol. The summed E-state index contributed by atoms with van der Waals surface area (Å²) in [5.41, 5.74) is 4.24. The normalized spacial score (nSPS) is 14.2. The van der Waals surface area contributed by atoms with E-state index >= 15 is 0 Å². The van der Waals surface area contributed by atoms with Crippen LogP contribution in [0.5, 0.6) is 17.2 Å². The third kappa shape index (κ3) is 5.29. The Morgan fingerprint density at radius 3 is 2.50 bits per heavy atom. The fourth-order valence-electron chi connectivity index (χ4n) is 5.21. The van der Waals surface area contributed by atoms with E-state index in [2.05, 4.69) is 10.2 Å². The lowest BCUT2D eigenvalue weighted by Gasteiger charge is -2.27. The van der Waals surface area contributed by atoms with Crippen molar-refractivity contribution in [1.29, 1.82) is 0 Å². The molecule has 7 nitrogen and oxygen atoms in total. The highest BCUT2D eigenvalue weighted by Gasteiger charge is 2.43. The fourth-order valence-corrected chi connectivity index (χ4v) is 5.39. The van der Waals surface area contributed by atoms with Crippen molar-refractivity contribution in [3.05, 3.63) is 130 Å². The summed E-state index contributed by atoms with van der Waals surface area (Å²) in [6.45, 7) is 2.88. The van der Waals surface area contributed by atoms with Crippen LogP contribution in [0.3, 0.4) is 0 Å². The number of carbonyl (C=O) groups excluding carboxylic acids is 1. The predicted molar refractivity (Wildman–Crippen MR) is 157 cm³/mol. The van der Waals surface area contributed by atoms with E-state index in [1.165, 1.54) is 18.2 Å². The number of hydrogen-bond donors (Lipinski definition) is 2. The molecule has 6 rings (SSSR count). The number of nitrogens with one attached hydrogen (secondary N) is 1. The van der Waals surface area contributed by atoms with Crippen LogP contribution >= 0.6 is 11.6 Å². The molecule has 0 aliphatic carbocycles. The zero-order valence-corrected chi connectivity index (χ0v) is 23.4. The second-order valence-electron chi connectivity index (χ2n) is 9.90. The minimum atomic E-state index is -0.605. The third-order valence-electron chi connectivity index (χ3n) is 7.16. The van der Waals surface area contributed by atoms with Crippen LogP contribution in [0.2, 0.25) is 5.02 Å². The number of fused-ring (bicyclic) bond motifs is 1. The lowest BCUT2D eigenvalue weighted by atomic mass is 9.95. The summed E-state index contributed by atoms with van der Waals surface area (Å²) in [6.07, 6.45) is 0. The number of aromatic amines is 1. The van der Waals surface area contributed by atoms with Gasteiger partial charge in [-0.1, -0.05) is 60.1 Å². The summed E-state index contributed by atoms with van der Waals surface area (Å²) in [5, 5.41) is 18.4. The zero-order valence-electron chi connectivity index (χ0n) is 22.7. The lowest BCUT2D eigenvalue weighted by molar-refractivity contribution is 0.0729. The van der Waals surface area contributed by atoms with Crippen molar-refractivity contribution < 1.29 is 23.8 Å². The second kappa shape index (κ2) is 11.6. The number of amides is 1. The molecule has 0 fully saturated rings. The summed E-state index contributed by atoms with van der Waals surface area (Å²) in [6, 6.07) is 25.5. The van der Waals surface area contributed by atoms with E-state index in [0.29, 0.717) is 52.3 Å². The molecule has 1 aliphatic heterocycles. The van der Waals surface area contributed by atoms with E-state index in [0.717, 1.165) is 16.7 Å². The van der Waals surface area contributed by atoms with Crippen LogP contribution in [0.25, 0.3) is 11.3 Å². The highest BCUT2D eigenvalue weighted by Crippen LogP contribution is 2.47. The average Bonchev–Trinajstić information content (AvgIpc) is 3.54. The fraction of sp³-hybridized carbons (Fsp3) is 0.152. The van der Waals surface area contributed by atoms with Crippen molar-refractivity contribution in [2.45, 2.75) is 26.1 Å². The number of aromatic hydroxyl groups is 1. The van der Waals surface area contributed by atoms with Crippen molar-refractivity contribution in [3.63, 3.8) is 0 Å². The molecule has 2 N–H and O–H groups in total. The zero-order chi connectivity index (χ0) is 29.2. The molecule has 0 spiro atoms. The highest BCUT2D eigenvalue weighted by atomic mass is 35.5. The molecule has 1 aromatic heterocycles. The lowest BCUT2D eigenvalue weighted by Crippen LogP contribution is -2.29. The molecule has 4 aromatic carbocycles. The van der Waals surface area contributed by atoms with E-state index in [1.807, 2.05) is 55.5 Å². The SMILES string of the molecule is CCOc1cc(C2c3c(-c4cc(Cl)ccc4O)n[nH]c3C(=O)N2Cc2ccc(F)cc2)ccc1OCc1ccccc1. The summed E-state index contributed by atoms with van der Waals surface area (Å²) >= 11 is 6.27. The standard InChI is InChI=1S/C33H27ClFN3O4/c1-2-41-28-16-22(10-15-27(28)42-19-21-6-4-3-5-7-21)32-29-30(25-17-23(34)11-14-26(25)39)36-37-31(29)33(40)38(32)18-20-8-12-24(35)13-9-20/h3-17,32,39H,2,18-19H2,1H3,(H,36,37). The molecule has 5 aromatic rings. The van der Waals surface area contributed by atoms with E-state index in [9.17, 15) is 14.3 Å². The molecule has 0 bridgehead atoms. The van der Waals surface area contributed by atoms with Crippen molar-refractivity contribution >= 4 is 17.5 Å². The summed E-state index contributed by atoms with van der Waals surface area (Å²) in [4.78, 5) is 15.5. The summed E-state index contributed by atoms with van der Waals surface area (Å²) < 4.78 is 25.8. The Bertz CT molecular complexity index is 1740. The van der Waals surface area contributed by atoms with Crippen LogP contribution in [-0.2, 0) is 13.2 Å². The van der Waals surface area contributed by atoms with Crippen LogP contribution in [0.1, 0.15) is 45.7 Å². The third-order valence-corrected chi connectivity index (χ3v) is 7.40. The molecule has 1 aliphatic rings. The highest BCUT2D eigenvalue weighted by molar-refractivity contribution is 6.31. The maximum atomic E-state index is 13.8. The van der Waals surface area contributed by atoms with Gasteiger partial charge in [0.1, 0.15) is 29.6 Å². The molecule has 9 heteroatoms. The number of hydrogen-bond acceptors (Lipinski definition) is 5. The van der Waals surface area contributed by atoms with Gasteiger partial charge in [-0.2, -0.15) is 5.10 Å². The van der Waals surface area contributed by atoms with Crippen molar-refractivity contribution in [1.82, 2.24) is 15.1 Å². The number of aromatic nitrogens is 2. The smallest absolute Gasteiger partial charge is 0.273 e. The molecule has 212 valence electrons. The van der Waals surface area contributed by atoms with E-state index < -0.39 is 6.04 Å². The van der Waals surface area contributed by atoms with E-state index in [1.54, 1.807) is 29.2 Å². The largest absolute Gasteiger partial charge is 0.507 e. The van der Waals surface area contributed by atoms with Crippen LogP contribution in [0.15, 0.2) is 91.0 Å². The van der Waals surface area contributed by atoms with Crippen molar-refractivity contribution in [2.75, 3.05) is 6.61 Å². The molecule has 1 atom stereocenters. The van der Waals surface area contributed by atoms with Gasteiger partial charge in [0.2, 0.25) is 0 Å². The second-order valence-corrected chi connectivity index (χ2v) is 10.3. The monoisotopic (exact) mass is 583 g/mol. The van der Waals surface area contributed by atoms with Crippen LogP contribution in [-0.4, -0.2) is 32.7 Å². The Morgan fingerprint density at radius 2 is 1.74 bits per heavy atom.